The first-order valence-electron chi connectivity index (χ1n) is 4.46. The van der Waals surface area contributed by atoms with Gasteiger partial charge in [0, 0.05) is 0 Å². The third kappa shape index (κ3) is 2.32. The third-order valence-electron chi connectivity index (χ3n) is 2.85. The average molecular weight is 192 g/mol. The van der Waals surface area contributed by atoms with E-state index in [0.29, 0.717) is 12.3 Å². The lowest BCUT2D eigenvalue weighted by Crippen LogP contribution is -2.26. The predicted octanol–water partition coefficient (Wildman–Crippen LogP) is 1.99. The van der Waals surface area contributed by atoms with Gasteiger partial charge in [-0.1, -0.05) is 20.3 Å². The monoisotopic (exact) mass is 192 g/mol. The fourth-order valence-corrected chi connectivity index (χ4v) is 3.42. The van der Waals surface area contributed by atoms with Crippen LogP contribution in [0.15, 0.2) is 0 Å². The standard InChI is InChI=1S/C8H17O3P/c1-6-3-4-7(2)8(5-6)12(9,10)11/h6-8H,3-5H2,1-2H3,(H2,9,10,11). The fourth-order valence-electron chi connectivity index (χ4n) is 1.97. The zero-order valence-electron chi connectivity index (χ0n) is 7.60. The van der Waals surface area contributed by atoms with E-state index in [1.165, 1.54) is 0 Å². The van der Waals surface area contributed by atoms with Gasteiger partial charge in [-0.25, -0.2) is 0 Å². The summed E-state index contributed by atoms with van der Waals surface area (Å²) < 4.78 is 11.0. The Balaban J connectivity index is 2.68. The highest BCUT2D eigenvalue weighted by Gasteiger charge is 2.37. The van der Waals surface area contributed by atoms with E-state index in [2.05, 4.69) is 6.92 Å². The van der Waals surface area contributed by atoms with Crippen molar-refractivity contribution in [3.05, 3.63) is 0 Å². The van der Waals surface area contributed by atoms with Crippen molar-refractivity contribution in [3.63, 3.8) is 0 Å². The molecule has 2 N–H and O–H groups in total. The van der Waals surface area contributed by atoms with Crippen LogP contribution in [0.25, 0.3) is 0 Å². The van der Waals surface area contributed by atoms with Gasteiger partial charge in [0.2, 0.25) is 0 Å². The quantitative estimate of drug-likeness (QED) is 0.624. The van der Waals surface area contributed by atoms with Crippen LogP contribution in [0.2, 0.25) is 0 Å². The maximum Gasteiger partial charge on any atom is 0.328 e. The summed E-state index contributed by atoms with van der Waals surface area (Å²) in [5.74, 6) is 0.654. The average Bonchev–Trinajstić information content (AvgIpc) is 1.92. The largest absolute Gasteiger partial charge is 0.328 e. The summed E-state index contributed by atoms with van der Waals surface area (Å²) in [7, 11) is -3.83. The molecule has 1 aliphatic rings. The second-order valence-corrected chi connectivity index (χ2v) is 5.89. The topological polar surface area (TPSA) is 57.5 Å². The van der Waals surface area contributed by atoms with Gasteiger partial charge in [0.1, 0.15) is 0 Å². The van der Waals surface area contributed by atoms with Crippen molar-refractivity contribution in [2.45, 2.75) is 38.8 Å². The molecular weight excluding hydrogens is 175 g/mol. The van der Waals surface area contributed by atoms with Gasteiger partial charge in [-0.2, -0.15) is 0 Å². The molecule has 72 valence electrons. The lowest BCUT2D eigenvalue weighted by Gasteiger charge is -2.32. The maximum absolute atomic E-state index is 11.0. The van der Waals surface area contributed by atoms with Crippen LogP contribution in [0.3, 0.4) is 0 Å². The minimum Gasteiger partial charge on any atom is -0.324 e. The second kappa shape index (κ2) is 3.49. The molecule has 4 heteroatoms. The summed E-state index contributed by atoms with van der Waals surface area (Å²) in [6.07, 6.45) is 2.75. The minimum absolute atomic E-state index is 0.182. The molecule has 0 heterocycles. The first-order chi connectivity index (χ1) is 5.41. The zero-order chi connectivity index (χ0) is 9.35. The van der Waals surface area contributed by atoms with E-state index in [0.717, 1.165) is 12.8 Å². The van der Waals surface area contributed by atoms with Crippen molar-refractivity contribution in [2.75, 3.05) is 0 Å². The minimum atomic E-state index is -3.83. The zero-order valence-corrected chi connectivity index (χ0v) is 8.50. The first-order valence-corrected chi connectivity index (χ1v) is 6.14. The van der Waals surface area contributed by atoms with Gasteiger partial charge in [-0.15, -0.1) is 0 Å². The van der Waals surface area contributed by atoms with Crippen LogP contribution in [0.4, 0.5) is 0 Å². The SMILES string of the molecule is CC1CCC(C)C(P(=O)(O)O)C1. The lowest BCUT2D eigenvalue weighted by atomic mass is 9.84. The molecule has 0 bridgehead atoms. The van der Waals surface area contributed by atoms with Crippen LogP contribution in [-0.4, -0.2) is 15.4 Å². The van der Waals surface area contributed by atoms with Crippen LogP contribution >= 0.6 is 7.60 Å². The molecule has 3 unspecified atom stereocenters. The van der Waals surface area contributed by atoms with Gasteiger partial charge in [-0.05, 0) is 24.7 Å². The van der Waals surface area contributed by atoms with E-state index in [1.54, 1.807) is 0 Å². The Labute approximate surface area is 73.3 Å². The molecule has 0 aliphatic heterocycles. The van der Waals surface area contributed by atoms with Crippen molar-refractivity contribution in [1.29, 1.82) is 0 Å². The Morgan fingerprint density at radius 1 is 1.25 bits per heavy atom. The molecule has 1 aliphatic carbocycles. The Morgan fingerprint density at radius 2 is 1.83 bits per heavy atom. The molecule has 0 aromatic rings. The smallest absolute Gasteiger partial charge is 0.324 e. The number of hydrogen-bond acceptors (Lipinski definition) is 1. The molecule has 12 heavy (non-hydrogen) atoms. The van der Waals surface area contributed by atoms with Gasteiger partial charge < -0.3 is 9.79 Å². The van der Waals surface area contributed by atoms with E-state index in [1.807, 2.05) is 6.92 Å². The summed E-state index contributed by atoms with van der Waals surface area (Å²) in [4.78, 5) is 18.1. The highest BCUT2D eigenvalue weighted by Crippen LogP contribution is 2.51. The van der Waals surface area contributed by atoms with E-state index in [4.69, 9.17) is 9.79 Å². The molecular formula is C8H17O3P. The highest BCUT2D eigenvalue weighted by molar-refractivity contribution is 7.52. The van der Waals surface area contributed by atoms with Crippen molar-refractivity contribution >= 4 is 7.60 Å². The van der Waals surface area contributed by atoms with E-state index >= 15 is 0 Å². The second-order valence-electron chi connectivity index (χ2n) is 4.05. The van der Waals surface area contributed by atoms with Crippen LogP contribution in [0.1, 0.15) is 33.1 Å². The highest BCUT2D eigenvalue weighted by atomic mass is 31.2. The third-order valence-corrected chi connectivity index (χ3v) is 4.43. The van der Waals surface area contributed by atoms with Crippen molar-refractivity contribution in [1.82, 2.24) is 0 Å². The van der Waals surface area contributed by atoms with Crippen LogP contribution in [0.5, 0.6) is 0 Å². The molecule has 3 nitrogen and oxygen atoms in total. The van der Waals surface area contributed by atoms with Gasteiger partial charge in [0.15, 0.2) is 0 Å². The Hall–Kier alpha value is 0.150. The van der Waals surface area contributed by atoms with Crippen LogP contribution in [-0.2, 0) is 4.57 Å². The summed E-state index contributed by atoms with van der Waals surface area (Å²) in [5, 5.41) is 0. The lowest BCUT2D eigenvalue weighted by molar-refractivity contribution is 0.263. The van der Waals surface area contributed by atoms with Gasteiger partial charge in [0.25, 0.3) is 0 Å². The van der Waals surface area contributed by atoms with Gasteiger partial charge >= 0.3 is 7.60 Å². The molecule has 1 saturated carbocycles. The number of rotatable bonds is 1. The summed E-state index contributed by atoms with van der Waals surface area (Å²) >= 11 is 0. The summed E-state index contributed by atoms with van der Waals surface area (Å²) in [5.41, 5.74) is -0.388. The van der Waals surface area contributed by atoms with E-state index < -0.39 is 7.60 Å². The van der Waals surface area contributed by atoms with Crippen LogP contribution in [0, 0.1) is 11.8 Å². The summed E-state index contributed by atoms with van der Waals surface area (Å²) in [6, 6.07) is 0. The molecule has 1 fully saturated rings. The molecule has 0 amide bonds. The predicted molar refractivity (Wildman–Crippen MR) is 48.0 cm³/mol. The Bertz CT molecular complexity index is 198. The summed E-state index contributed by atoms with van der Waals surface area (Å²) in [6.45, 7) is 4.00. The van der Waals surface area contributed by atoms with E-state index in [9.17, 15) is 4.57 Å². The molecule has 0 radical (unpaired) electrons. The molecule has 0 aromatic heterocycles. The molecule has 1 rings (SSSR count). The fraction of sp³-hybridized carbons (Fsp3) is 1.00. The van der Waals surface area contributed by atoms with Crippen molar-refractivity contribution in [2.24, 2.45) is 11.8 Å². The van der Waals surface area contributed by atoms with Crippen molar-refractivity contribution < 1.29 is 14.4 Å². The Kier molecular flexibility index (Phi) is 2.97. The van der Waals surface area contributed by atoms with Crippen molar-refractivity contribution in [3.8, 4) is 0 Å². The van der Waals surface area contributed by atoms with Crippen LogP contribution < -0.4 is 0 Å². The first kappa shape index (κ1) is 10.2. The van der Waals surface area contributed by atoms with Gasteiger partial charge in [-0.3, -0.25) is 4.57 Å². The molecule has 0 aromatic carbocycles. The van der Waals surface area contributed by atoms with Gasteiger partial charge in [0.05, 0.1) is 5.66 Å². The molecule has 3 atom stereocenters. The molecule has 0 spiro atoms. The number of hydrogen-bond donors (Lipinski definition) is 2. The van der Waals surface area contributed by atoms with E-state index in [-0.39, 0.29) is 11.6 Å². The maximum atomic E-state index is 11.0. The Morgan fingerprint density at radius 3 is 2.25 bits per heavy atom. The normalized spacial score (nSPS) is 38.2. The molecule has 0 saturated heterocycles.